The van der Waals surface area contributed by atoms with Gasteiger partial charge in [0.1, 0.15) is 17.6 Å². The number of carbonyl (C=O) groups is 1. The fraction of sp³-hybridized carbons (Fsp3) is 0.0800. The normalized spacial score (nSPS) is 11.6. The molecule has 32 heavy (non-hydrogen) atoms. The van der Waals surface area contributed by atoms with Gasteiger partial charge in [-0.15, -0.1) is 0 Å². The lowest BCUT2D eigenvalue weighted by Crippen LogP contribution is -2.17. The van der Waals surface area contributed by atoms with Gasteiger partial charge in [-0.05, 0) is 48.9 Å². The van der Waals surface area contributed by atoms with Crippen LogP contribution in [0.2, 0.25) is 0 Å². The van der Waals surface area contributed by atoms with Gasteiger partial charge in [0.15, 0.2) is 5.69 Å². The number of halogens is 1. The van der Waals surface area contributed by atoms with E-state index in [-0.39, 0.29) is 11.3 Å². The van der Waals surface area contributed by atoms with Gasteiger partial charge in [0.25, 0.3) is 5.91 Å². The number of hydrogen-bond acceptors (Lipinski definition) is 3. The van der Waals surface area contributed by atoms with Crippen LogP contribution in [0, 0.1) is 19.3 Å². The maximum Gasteiger partial charge on any atom is 0.274 e. The van der Waals surface area contributed by atoms with Gasteiger partial charge >= 0.3 is 0 Å². The second-order valence-electron chi connectivity index (χ2n) is 7.22. The molecule has 0 aliphatic carbocycles. The zero-order valence-corrected chi connectivity index (χ0v) is 17.2. The first-order chi connectivity index (χ1) is 15.5. The molecule has 3 aromatic carbocycles. The number of anilines is 1. The molecule has 0 spiro atoms. The predicted molar refractivity (Wildman–Crippen MR) is 119 cm³/mol. The van der Waals surface area contributed by atoms with Crippen LogP contribution in [0.25, 0.3) is 10.5 Å². The van der Waals surface area contributed by atoms with E-state index in [1.54, 1.807) is 61.5 Å². The fourth-order valence-corrected chi connectivity index (χ4v) is 3.39. The van der Waals surface area contributed by atoms with Crippen LogP contribution in [0.1, 0.15) is 33.4 Å². The lowest BCUT2D eigenvalue weighted by Gasteiger charge is -2.14. The molecule has 0 saturated carbocycles. The highest BCUT2D eigenvalue weighted by molar-refractivity contribution is 6.03. The number of aromatic nitrogens is 2. The van der Waals surface area contributed by atoms with Crippen molar-refractivity contribution in [2.75, 3.05) is 5.32 Å². The number of rotatable bonds is 5. The second-order valence-corrected chi connectivity index (χ2v) is 7.22. The highest BCUT2D eigenvalue weighted by atomic mass is 19.1. The molecule has 7 heteroatoms. The minimum Gasteiger partial charge on any atom is -0.384 e. The summed E-state index contributed by atoms with van der Waals surface area (Å²) in [6.45, 7) is 8.96. The molecule has 0 radical (unpaired) electrons. The van der Waals surface area contributed by atoms with E-state index in [0.717, 1.165) is 0 Å². The van der Waals surface area contributed by atoms with Crippen LogP contribution in [0.4, 0.5) is 15.8 Å². The summed E-state index contributed by atoms with van der Waals surface area (Å²) in [5, 5.41) is 17.7. The number of amides is 1. The number of hydrogen-bond donors (Lipinski definition) is 2. The van der Waals surface area contributed by atoms with Crippen molar-refractivity contribution in [2.45, 2.75) is 13.0 Å². The Balaban J connectivity index is 1.64. The van der Waals surface area contributed by atoms with Crippen molar-refractivity contribution in [3.8, 4) is 5.69 Å². The van der Waals surface area contributed by atoms with Crippen molar-refractivity contribution in [2.24, 2.45) is 0 Å². The van der Waals surface area contributed by atoms with Crippen LogP contribution in [-0.2, 0) is 0 Å². The number of aliphatic hydroxyl groups excluding tert-OH is 1. The second kappa shape index (κ2) is 8.84. The number of carbonyl (C=O) groups excluding carboxylic acids is 1. The van der Waals surface area contributed by atoms with E-state index in [9.17, 15) is 14.3 Å². The molecule has 158 valence electrons. The first-order valence-electron chi connectivity index (χ1n) is 9.84. The van der Waals surface area contributed by atoms with Gasteiger partial charge in [-0.2, -0.15) is 5.10 Å². The van der Waals surface area contributed by atoms with Gasteiger partial charge in [-0.1, -0.05) is 42.5 Å². The van der Waals surface area contributed by atoms with Gasteiger partial charge < -0.3 is 10.4 Å². The van der Waals surface area contributed by atoms with E-state index < -0.39 is 17.8 Å². The minimum atomic E-state index is -1.17. The molecule has 6 nitrogen and oxygen atoms in total. The molecule has 1 unspecified atom stereocenters. The monoisotopic (exact) mass is 426 g/mol. The van der Waals surface area contributed by atoms with Gasteiger partial charge in [0.05, 0.1) is 18.0 Å². The largest absolute Gasteiger partial charge is 0.384 e. The number of aryl methyl sites for hydroxylation is 1. The van der Waals surface area contributed by atoms with Crippen molar-refractivity contribution in [3.63, 3.8) is 0 Å². The number of aliphatic hydroxyl groups is 1. The SMILES string of the molecule is [C-]#[N+]c1cccc(-n2nc(C)cc2C(=O)Nc2ccc(F)c(C(O)c3ccccc3)c2)c1. The van der Waals surface area contributed by atoms with E-state index in [1.165, 1.54) is 22.9 Å². The Kier molecular flexibility index (Phi) is 5.79. The van der Waals surface area contributed by atoms with E-state index in [1.807, 2.05) is 6.07 Å². The Morgan fingerprint density at radius 1 is 1.09 bits per heavy atom. The van der Waals surface area contributed by atoms with Crippen LogP contribution in [0.5, 0.6) is 0 Å². The zero-order chi connectivity index (χ0) is 22.7. The summed E-state index contributed by atoms with van der Waals surface area (Å²) in [7, 11) is 0. The van der Waals surface area contributed by atoms with Gasteiger partial charge in [-0.3, -0.25) is 4.79 Å². The molecule has 0 saturated heterocycles. The Bertz CT molecular complexity index is 1330. The summed E-state index contributed by atoms with van der Waals surface area (Å²) in [6, 6.07) is 21.2. The van der Waals surface area contributed by atoms with Crippen LogP contribution < -0.4 is 5.32 Å². The topological polar surface area (TPSA) is 71.5 Å². The summed E-state index contributed by atoms with van der Waals surface area (Å²) in [5.41, 5.74) is 2.84. The molecule has 0 fully saturated rings. The van der Waals surface area contributed by atoms with Crippen molar-refractivity contribution >= 4 is 17.3 Å². The molecule has 1 aromatic heterocycles. The van der Waals surface area contributed by atoms with Gasteiger partial charge in [0, 0.05) is 11.3 Å². The predicted octanol–water partition coefficient (Wildman–Crippen LogP) is 5.20. The standard InChI is InChI=1S/C25H19FN4O2/c1-16-13-23(30(29-16)20-10-6-9-18(14-20)27-2)25(32)28-19-11-12-22(26)21(15-19)24(31)17-7-4-3-5-8-17/h3-15,24,31H,1H3,(H,28,32). The third-order valence-corrected chi connectivity index (χ3v) is 4.93. The van der Waals surface area contributed by atoms with Crippen LogP contribution in [0.3, 0.4) is 0 Å². The fourth-order valence-electron chi connectivity index (χ4n) is 3.39. The molecule has 0 bridgehead atoms. The highest BCUT2D eigenvalue weighted by Gasteiger charge is 2.19. The molecule has 2 N–H and O–H groups in total. The molecule has 1 heterocycles. The summed E-state index contributed by atoms with van der Waals surface area (Å²) in [5.74, 6) is -1.03. The number of benzene rings is 3. The van der Waals surface area contributed by atoms with Crippen molar-refractivity contribution in [1.82, 2.24) is 9.78 Å². The van der Waals surface area contributed by atoms with E-state index in [0.29, 0.717) is 28.3 Å². The summed E-state index contributed by atoms with van der Waals surface area (Å²) >= 11 is 0. The Hall–Kier alpha value is -4.28. The van der Waals surface area contributed by atoms with E-state index >= 15 is 0 Å². The summed E-state index contributed by atoms with van der Waals surface area (Å²) in [6.07, 6.45) is -1.17. The van der Waals surface area contributed by atoms with Crippen LogP contribution >= 0.6 is 0 Å². The Morgan fingerprint density at radius 2 is 1.88 bits per heavy atom. The number of nitrogens with one attached hydrogen (secondary N) is 1. The molecular formula is C25H19FN4O2. The van der Waals surface area contributed by atoms with Crippen molar-refractivity contribution in [3.05, 3.63) is 119 Å². The Labute approximate surface area is 184 Å². The zero-order valence-electron chi connectivity index (χ0n) is 17.2. The van der Waals surface area contributed by atoms with E-state index in [2.05, 4.69) is 15.3 Å². The van der Waals surface area contributed by atoms with Gasteiger partial charge in [0.2, 0.25) is 0 Å². The molecule has 0 aliphatic rings. The minimum absolute atomic E-state index is 0.0587. The molecule has 1 atom stereocenters. The maximum atomic E-state index is 14.4. The van der Waals surface area contributed by atoms with Crippen LogP contribution in [-0.4, -0.2) is 20.8 Å². The quantitative estimate of drug-likeness (QED) is 0.431. The van der Waals surface area contributed by atoms with Crippen LogP contribution in [0.15, 0.2) is 78.9 Å². The average Bonchev–Trinajstić information content (AvgIpc) is 3.22. The molecule has 4 aromatic rings. The maximum absolute atomic E-state index is 14.4. The third kappa shape index (κ3) is 4.26. The molecule has 4 rings (SSSR count). The lowest BCUT2D eigenvalue weighted by molar-refractivity contribution is 0.101. The summed E-state index contributed by atoms with van der Waals surface area (Å²) in [4.78, 5) is 16.4. The smallest absolute Gasteiger partial charge is 0.274 e. The third-order valence-electron chi connectivity index (χ3n) is 4.93. The summed E-state index contributed by atoms with van der Waals surface area (Å²) < 4.78 is 15.9. The van der Waals surface area contributed by atoms with Gasteiger partial charge in [-0.25, -0.2) is 13.9 Å². The molecule has 0 aliphatic heterocycles. The van der Waals surface area contributed by atoms with Crippen molar-refractivity contribution in [1.29, 1.82) is 0 Å². The number of nitrogens with zero attached hydrogens (tertiary/aromatic N) is 3. The lowest BCUT2D eigenvalue weighted by atomic mass is 10.0. The average molecular weight is 426 g/mol. The first-order valence-corrected chi connectivity index (χ1v) is 9.84. The molecule has 1 amide bonds. The Morgan fingerprint density at radius 3 is 2.62 bits per heavy atom. The van der Waals surface area contributed by atoms with E-state index in [4.69, 9.17) is 6.57 Å². The first kappa shape index (κ1) is 21.0. The highest BCUT2D eigenvalue weighted by Crippen LogP contribution is 2.27. The van der Waals surface area contributed by atoms with Crippen molar-refractivity contribution < 1.29 is 14.3 Å². The molecular weight excluding hydrogens is 407 g/mol.